The van der Waals surface area contributed by atoms with Gasteiger partial charge in [-0.2, -0.15) is 0 Å². The molecule has 0 bridgehead atoms. The van der Waals surface area contributed by atoms with Crippen LogP contribution in [0.25, 0.3) is 0 Å². The second kappa shape index (κ2) is 5.53. The molecule has 0 aliphatic heterocycles. The molecule has 94 valence electrons. The summed E-state index contributed by atoms with van der Waals surface area (Å²) in [6.07, 6.45) is 7.03. The van der Waals surface area contributed by atoms with Crippen LogP contribution >= 0.6 is 15.9 Å². The average Bonchev–Trinajstić information content (AvgIpc) is 2.33. The first-order valence-corrected chi connectivity index (χ1v) is 7.34. The monoisotopic (exact) mass is 296 g/mol. The number of rotatable bonds is 3. The molecule has 1 fully saturated rings. The van der Waals surface area contributed by atoms with Crippen molar-refractivity contribution in [1.29, 1.82) is 0 Å². The van der Waals surface area contributed by atoms with E-state index in [2.05, 4.69) is 28.1 Å². The molecule has 1 aromatic carbocycles. The summed E-state index contributed by atoms with van der Waals surface area (Å²) in [4.78, 5) is 0. The number of benzene rings is 1. The van der Waals surface area contributed by atoms with Gasteiger partial charge < -0.3 is 5.11 Å². The molecular weight excluding hydrogens is 276 g/mol. The van der Waals surface area contributed by atoms with Crippen LogP contribution in [-0.2, 0) is 6.42 Å². The number of aliphatic hydroxyl groups is 1. The second-order valence-corrected chi connectivity index (χ2v) is 6.41. The molecule has 0 radical (unpaired) electrons. The fraction of sp³-hybridized carbons (Fsp3) is 0.600. The molecule has 1 saturated carbocycles. The topological polar surface area (TPSA) is 20.2 Å². The molecular formula is C15H21BrO. The smallest absolute Gasteiger partial charge is 0.0687 e. The van der Waals surface area contributed by atoms with Crippen LogP contribution in [0.1, 0.15) is 44.6 Å². The summed E-state index contributed by atoms with van der Waals surface area (Å²) in [5.74, 6) is 0.472. The van der Waals surface area contributed by atoms with Crippen LogP contribution in [-0.4, -0.2) is 10.7 Å². The third kappa shape index (κ3) is 3.56. The van der Waals surface area contributed by atoms with Crippen LogP contribution < -0.4 is 0 Å². The molecule has 0 spiro atoms. The van der Waals surface area contributed by atoms with Gasteiger partial charge in [-0.15, -0.1) is 0 Å². The summed E-state index contributed by atoms with van der Waals surface area (Å²) >= 11 is 3.44. The Bertz CT molecular complexity index is 350. The number of halogens is 1. The fourth-order valence-electron chi connectivity index (χ4n) is 2.88. The van der Waals surface area contributed by atoms with Gasteiger partial charge in [0.1, 0.15) is 0 Å². The summed E-state index contributed by atoms with van der Waals surface area (Å²) < 4.78 is 1.10. The molecule has 17 heavy (non-hydrogen) atoms. The lowest BCUT2D eigenvalue weighted by molar-refractivity contribution is -0.0159. The van der Waals surface area contributed by atoms with Crippen LogP contribution in [0.15, 0.2) is 28.7 Å². The molecule has 1 nitrogen and oxygen atoms in total. The molecule has 1 unspecified atom stereocenters. The van der Waals surface area contributed by atoms with E-state index < -0.39 is 5.60 Å². The number of hydrogen-bond acceptors (Lipinski definition) is 1. The summed E-state index contributed by atoms with van der Waals surface area (Å²) in [5, 5.41) is 10.7. The Morgan fingerprint density at radius 3 is 2.35 bits per heavy atom. The third-order valence-electron chi connectivity index (χ3n) is 3.96. The summed E-state index contributed by atoms with van der Waals surface area (Å²) in [6.45, 7) is 2.00. The highest BCUT2D eigenvalue weighted by Crippen LogP contribution is 2.34. The third-order valence-corrected chi connectivity index (χ3v) is 4.49. The first-order valence-electron chi connectivity index (χ1n) is 6.55. The highest BCUT2D eigenvalue weighted by molar-refractivity contribution is 9.10. The van der Waals surface area contributed by atoms with Crippen LogP contribution in [0.5, 0.6) is 0 Å². The molecule has 2 heteroatoms. The van der Waals surface area contributed by atoms with Crippen LogP contribution in [0, 0.1) is 5.92 Å². The minimum absolute atomic E-state index is 0.472. The molecule has 1 aromatic rings. The van der Waals surface area contributed by atoms with Gasteiger partial charge in [-0.3, -0.25) is 0 Å². The summed E-state index contributed by atoms with van der Waals surface area (Å²) in [5.41, 5.74) is 0.678. The molecule has 0 saturated heterocycles. The Kier molecular flexibility index (Phi) is 4.26. The second-order valence-electron chi connectivity index (χ2n) is 5.50. The SMILES string of the molecule is CC(O)(Cc1ccc(Br)cc1)C1CCCCC1. The van der Waals surface area contributed by atoms with E-state index in [1.807, 2.05) is 19.1 Å². The molecule has 1 aliphatic carbocycles. The first-order chi connectivity index (χ1) is 8.08. The van der Waals surface area contributed by atoms with Crippen molar-refractivity contribution in [3.05, 3.63) is 34.3 Å². The van der Waals surface area contributed by atoms with Crippen molar-refractivity contribution >= 4 is 15.9 Å². The largest absolute Gasteiger partial charge is 0.390 e. The Hall–Kier alpha value is -0.340. The van der Waals surface area contributed by atoms with Crippen molar-refractivity contribution in [2.75, 3.05) is 0 Å². The van der Waals surface area contributed by atoms with Crippen molar-refractivity contribution in [3.8, 4) is 0 Å². The van der Waals surface area contributed by atoms with E-state index >= 15 is 0 Å². The lowest BCUT2D eigenvalue weighted by Gasteiger charge is -2.35. The zero-order chi connectivity index (χ0) is 12.3. The van der Waals surface area contributed by atoms with Gasteiger partial charge in [-0.1, -0.05) is 47.3 Å². The van der Waals surface area contributed by atoms with Crippen molar-refractivity contribution in [3.63, 3.8) is 0 Å². The first kappa shape index (κ1) is 13.1. The van der Waals surface area contributed by atoms with E-state index in [1.165, 1.54) is 37.7 Å². The summed E-state index contributed by atoms with van der Waals surface area (Å²) in [7, 11) is 0. The molecule has 1 N–H and O–H groups in total. The van der Waals surface area contributed by atoms with Gasteiger partial charge in [0.15, 0.2) is 0 Å². The zero-order valence-electron chi connectivity index (χ0n) is 10.5. The van der Waals surface area contributed by atoms with Gasteiger partial charge >= 0.3 is 0 Å². The highest BCUT2D eigenvalue weighted by atomic mass is 79.9. The predicted molar refractivity (Wildman–Crippen MR) is 75.0 cm³/mol. The molecule has 0 aromatic heterocycles. The van der Waals surface area contributed by atoms with E-state index in [4.69, 9.17) is 0 Å². The van der Waals surface area contributed by atoms with Gasteiger partial charge in [0, 0.05) is 10.9 Å². The number of hydrogen-bond donors (Lipinski definition) is 1. The average molecular weight is 297 g/mol. The van der Waals surface area contributed by atoms with Gasteiger partial charge in [0.25, 0.3) is 0 Å². The van der Waals surface area contributed by atoms with Crippen LogP contribution in [0.3, 0.4) is 0 Å². The predicted octanol–water partition coefficient (Wildman–Crippen LogP) is 4.32. The quantitative estimate of drug-likeness (QED) is 0.880. The van der Waals surface area contributed by atoms with E-state index in [0.29, 0.717) is 5.92 Å². The minimum atomic E-state index is -0.547. The maximum atomic E-state index is 10.7. The van der Waals surface area contributed by atoms with Gasteiger partial charge in [-0.25, -0.2) is 0 Å². The minimum Gasteiger partial charge on any atom is -0.390 e. The normalized spacial score (nSPS) is 21.1. The fourth-order valence-corrected chi connectivity index (χ4v) is 3.15. The molecule has 1 atom stereocenters. The van der Waals surface area contributed by atoms with Gasteiger partial charge in [0.2, 0.25) is 0 Å². The van der Waals surface area contributed by atoms with E-state index in [0.717, 1.165) is 10.9 Å². The Morgan fingerprint density at radius 2 is 1.76 bits per heavy atom. The maximum absolute atomic E-state index is 10.7. The lowest BCUT2D eigenvalue weighted by Crippen LogP contribution is -2.38. The molecule has 2 rings (SSSR count). The molecule has 0 heterocycles. The standard InChI is InChI=1S/C15H21BrO/c1-15(17,13-5-3-2-4-6-13)11-12-7-9-14(16)10-8-12/h7-10,13,17H,2-6,11H2,1H3. The summed E-state index contributed by atoms with van der Waals surface area (Å²) in [6, 6.07) is 8.29. The Morgan fingerprint density at radius 1 is 1.18 bits per heavy atom. The maximum Gasteiger partial charge on any atom is 0.0687 e. The Balaban J connectivity index is 2.02. The lowest BCUT2D eigenvalue weighted by atomic mass is 9.75. The van der Waals surface area contributed by atoms with Gasteiger partial charge in [-0.05, 0) is 43.4 Å². The Labute approximate surface area is 112 Å². The van der Waals surface area contributed by atoms with E-state index in [9.17, 15) is 5.11 Å². The van der Waals surface area contributed by atoms with Crippen molar-refractivity contribution in [2.45, 2.75) is 51.0 Å². The van der Waals surface area contributed by atoms with Crippen molar-refractivity contribution in [1.82, 2.24) is 0 Å². The van der Waals surface area contributed by atoms with E-state index in [1.54, 1.807) is 0 Å². The van der Waals surface area contributed by atoms with Gasteiger partial charge in [0.05, 0.1) is 5.60 Å². The van der Waals surface area contributed by atoms with Crippen LogP contribution in [0.2, 0.25) is 0 Å². The van der Waals surface area contributed by atoms with E-state index in [-0.39, 0.29) is 0 Å². The molecule has 1 aliphatic rings. The highest BCUT2D eigenvalue weighted by Gasteiger charge is 2.32. The van der Waals surface area contributed by atoms with Crippen molar-refractivity contribution in [2.24, 2.45) is 5.92 Å². The zero-order valence-corrected chi connectivity index (χ0v) is 12.0. The van der Waals surface area contributed by atoms with Crippen molar-refractivity contribution < 1.29 is 5.11 Å². The van der Waals surface area contributed by atoms with Crippen LogP contribution in [0.4, 0.5) is 0 Å². The molecule has 0 amide bonds.